The van der Waals surface area contributed by atoms with Gasteiger partial charge in [-0.05, 0) is 12.1 Å². The van der Waals surface area contributed by atoms with Crippen molar-refractivity contribution in [1.29, 1.82) is 0 Å². The van der Waals surface area contributed by atoms with Gasteiger partial charge in [0.05, 0.1) is 6.26 Å². The van der Waals surface area contributed by atoms with Crippen LogP contribution in [0.15, 0.2) is 12.1 Å². The number of halogens is 1. The molecule has 0 amide bonds. The molecule has 0 spiro atoms. The number of aldehydes is 1. The molecule has 0 unspecified atom stereocenters. The molecule has 0 atom stereocenters. The number of pyridine rings is 1. The van der Waals surface area contributed by atoms with E-state index in [2.05, 4.69) is 9.17 Å². The van der Waals surface area contributed by atoms with Crippen LogP contribution in [-0.4, -0.2) is 25.9 Å². The van der Waals surface area contributed by atoms with Crippen LogP contribution in [0, 0.1) is 5.95 Å². The van der Waals surface area contributed by atoms with E-state index in [4.69, 9.17) is 0 Å². The molecule has 14 heavy (non-hydrogen) atoms. The van der Waals surface area contributed by atoms with Crippen LogP contribution in [0.2, 0.25) is 0 Å². The Labute approximate surface area is 79.7 Å². The molecular formula is C7H6FNO4S. The molecule has 7 heteroatoms. The van der Waals surface area contributed by atoms with Gasteiger partial charge in [-0.1, -0.05) is 0 Å². The largest absolute Gasteiger partial charge is 0.378 e. The molecule has 0 aliphatic carbocycles. The van der Waals surface area contributed by atoms with Crippen molar-refractivity contribution in [3.63, 3.8) is 0 Å². The molecule has 0 fully saturated rings. The summed E-state index contributed by atoms with van der Waals surface area (Å²) in [5.74, 6) is -1.67. The van der Waals surface area contributed by atoms with E-state index in [0.717, 1.165) is 18.4 Å². The van der Waals surface area contributed by atoms with Gasteiger partial charge in [0, 0.05) is 0 Å². The fraction of sp³-hybridized carbons (Fsp3) is 0.143. The van der Waals surface area contributed by atoms with Gasteiger partial charge in [0.25, 0.3) is 5.95 Å². The molecule has 0 aliphatic heterocycles. The number of carbonyl (C=O) groups excluding carboxylic acids is 1. The molecule has 5 nitrogen and oxygen atoms in total. The van der Waals surface area contributed by atoms with E-state index >= 15 is 0 Å². The summed E-state index contributed by atoms with van der Waals surface area (Å²) in [6, 6.07) is 2.17. The van der Waals surface area contributed by atoms with Crippen molar-refractivity contribution < 1.29 is 21.8 Å². The lowest BCUT2D eigenvalue weighted by Gasteiger charge is -2.02. The maximum atomic E-state index is 12.9. The summed E-state index contributed by atoms with van der Waals surface area (Å²) in [4.78, 5) is 13.3. The zero-order valence-corrected chi connectivity index (χ0v) is 7.91. The van der Waals surface area contributed by atoms with Crippen molar-refractivity contribution in [1.82, 2.24) is 4.98 Å². The van der Waals surface area contributed by atoms with Crippen LogP contribution in [0.5, 0.6) is 5.75 Å². The number of hydrogen-bond acceptors (Lipinski definition) is 5. The fourth-order valence-corrected chi connectivity index (χ4v) is 1.18. The van der Waals surface area contributed by atoms with Gasteiger partial charge in [-0.3, -0.25) is 4.79 Å². The second-order valence-corrected chi connectivity index (χ2v) is 4.01. The van der Waals surface area contributed by atoms with E-state index in [1.165, 1.54) is 0 Å². The van der Waals surface area contributed by atoms with Crippen LogP contribution < -0.4 is 4.18 Å². The summed E-state index contributed by atoms with van der Waals surface area (Å²) in [5, 5.41) is 0. The van der Waals surface area contributed by atoms with Crippen LogP contribution in [0.4, 0.5) is 4.39 Å². The van der Waals surface area contributed by atoms with Gasteiger partial charge >= 0.3 is 10.1 Å². The highest BCUT2D eigenvalue weighted by Crippen LogP contribution is 2.15. The molecule has 0 aromatic carbocycles. The maximum absolute atomic E-state index is 12.9. The first kappa shape index (κ1) is 10.6. The van der Waals surface area contributed by atoms with E-state index in [0.29, 0.717) is 6.29 Å². The highest BCUT2D eigenvalue weighted by atomic mass is 32.2. The van der Waals surface area contributed by atoms with Crippen LogP contribution in [0.25, 0.3) is 0 Å². The lowest BCUT2D eigenvalue weighted by atomic mass is 10.3. The molecule has 1 heterocycles. The average molecular weight is 219 g/mol. The summed E-state index contributed by atoms with van der Waals surface area (Å²) >= 11 is 0. The van der Waals surface area contributed by atoms with Gasteiger partial charge in [0.2, 0.25) is 0 Å². The normalized spacial score (nSPS) is 11.0. The molecule has 1 rings (SSSR count). The number of aromatic nitrogens is 1. The zero-order chi connectivity index (χ0) is 10.8. The predicted molar refractivity (Wildman–Crippen MR) is 45.1 cm³/mol. The summed E-state index contributed by atoms with van der Waals surface area (Å²) in [7, 11) is -3.79. The van der Waals surface area contributed by atoms with Gasteiger partial charge in [-0.2, -0.15) is 12.8 Å². The summed E-state index contributed by atoms with van der Waals surface area (Å²) < 4.78 is 38.4. The minimum absolute atomic E-state index is 0.136. The van der Waals surface area contributed by atoms with E-state index in [1.54, 1.807) is 0 Å². The number of carbonyl (C=O) groups is 1. The monoisotopic (exact) mass is 219 g/mol. The maximum Gasteiger partial charge on any atom is 0.306 e. The van der Waals surface area contributed by atoms with Gasteiger partial charge < -0.3 is 4.18 Å². The van der Waals surface area contributed by atoms with Gasteiger partial charge in [0.1, 0.15) is 5.69 Å². The molecule has 1 aromatic heterocycles. The first-order valence-electron chi connectivity index (χ1n) is 3.43. The van der Waals surface area contributed by atoms with E-state index in [9.17, 15) is 17.6 Å². The highest BCUT2D eigenvalue weighted by molar-refractivity contribution is 7.86. The third-order valence-corrected chi connectivity index (χ3v) is 1.68. The van der Waals surface area contributed by atoms with Gasteiger partial charge in [-0.15, -0.1) is 0 Å². The Morgan fingerprint density at radius 2 is 2.14 bits per heavy atom. The molecule has 1 aromatic rings. The summed E-state index contributed by atoms with van der Waals surface area (Å²) in [5.41, 5.74) is -0.136. The van der Waals surface area contributed by atoms with Crippen LogP contribution in [-0.2, 0) is 10.1 Å². The number of hydrogen-bond donors (Lipinski definition) is 0. The number of nitrogens with zero attached hydrogens (tertiary/aromatic N) is 1. The molecule has 0 aliphatic rings. The Hall–Kier alpha value is -1.50. The Kier molecular flexibility index (Phi) is 2.80. The first-order chi connectivity index (χ1) is 6.42. The van der Waals surface area contributed by atoms with Crippen molar-refractivity contribution in [3.05, 3.63) is 23.8 Å². The van der Waals surface area contributed by atoms with Crippen molar-refractivity contribution >= 4 is 16.4 Å². The van der Waals surface area contributed by atoms with Crippen molar-refractivity contribution in [2.24, 2.45) is 0 Å². The highest BCUT2D eigenvalue weighted by Gasteiger charge is 2.11. The third-order valence-electron chi connectivity index (χ3n) is 1.20. The third kappa shape index (κ3) is 2.77. The van der Waals surface area contributed by atoms with Crippen LogP contribution >= 0.6 is 0 Å². The Morgan fingerprint density at radius 1 is 1.50 bits per heavy atom. The first-order valence-corrected chi connectivity index (χ1v) is 5.25. The van der Waals surface area contributed by atoms with Gasteiger partial charge in [-0.25, -0.2) is 4.98 Å². The zero-order valence-electron chi connectivity index (χ0n) is 7.10. The molecule has 0 saturated carbocycles. The van der Waals surface area contributed by atoms with Crippen LogP contribution in [0.3, 0.4) is 0 Å². The molecule has 0 radical (unpaired) electrons. The minimum atomic E-state index is -3.79. The van der Waals surface area contributed by atoms with Gasteiger partial charge in [0.15, 0.2) is 12.0 Å². The Balaban J connectivity index is 3.07. The standard InChI is InChI=1S/C7H6FNO4S/c1-14(11,12)13-6-3-2-5(4-10)9-7(6)8/h2-4H,1H3. The van der Waals surface area contributed by atoms with E-state index in [1.807, 2.05) is 0 Å². The Bertz CT molecular complexity index is 457. The summed E-state index contributed by atoms with van der Waals surface area (Å²) in [6.07, 6.45) is 1.12. The van der Waals surface area contributed by atoms with Crippen molar-refractivity contribution in [3.8, 4) is 5.75 Å². The Morgan fingerprint density at radius 3 is 2.57 bits per heavy atom. The summed E-state index contributed by atoms with van der Waals surface area (Å²) in [6.45, 7) is 0. The molecule has 0 N–H and O–H groups in total. The van der Waals surface area contributed by atoms with Crippen molar-refractivity contribution in [2.45, 2.75) is 0 Å². The second-order valence-electron chi connectivity index (χ2n) is 2.43. The lowest BCUT2D eigenvalue weighted by molar-refractivity contribution is 0.111. The topological polar surface area (TPSA) is 73.3 Å². The van der Waals surface area contributed by atoms with E-state index in [-0.39, 0.29) is 5.69 Å². The second kappa shape index (κ2) is 3.70. The van der Waals surface area contributed by atoms with E-state index < -0.39 is 21.8 Å². The molecule has 0 saturated heterocycles. The molecular weight excluding hydrogens is 213 g/mol. The van der Waals surface area contributed by atoms with Crippen molar-refractivity contribution in [2.75, 3.05) is 6.26 Å². The molecule has 76 valence electrons. The SMILES string of the molecule is CS(=O)(=O)Oc1ccc(C=O)nc1F. The number of rotatable bonds is 3. The lowest BCUT2D eigenvalue weighted by Crippen LogP contribution is -2.08. The predicted octanol–water partition coefficient (Wildman–Crippen LogP) is 0.372. The fourth-order valence-electron chi connectivity index (χ4n) is 0.726. The quantitative estimate of drug-likeness (QED) is 0.417. The van der Waals surface area contributed by atoms with Crippen LogP contribution in [0.1, 0.15) is 10.5 Å². The minimum Gasteiger partial charge on any atom is -0.378 e. The smallest absolute Gasteiger partial charge is 0.306 e. The average Bonchev–Trinajstić information content (AvgIpc) is 2.06. The molecule has 0 bridgehead atoms.